The van der Waals surface area contributed by atoms with Gasteiger partial charge in [-0.2, -0.15) is 0 Å². The van der Waals surface area contributed by atoms with Gasteiger partial charge >= 0.3 is 5.97 Å². The number of amides is 1. The van der Waals surface area contributed by atoms with Gasteiger partial charge in [0.25, 0.3) is 0 Å². The second kappa shape index (κ2) is 5.95. The van der Waals surface area contributed by atoms with Crippen LogP contribution in [-0.4, -0.2) is 42.2 Å². The van der Waals surface area contributed by atoms with Crippen molar-refractivity contribution in [3.63, 3.8) is 0 Å². The van der Waals surface area contributed by atoms with Gasteiger partial charge in [-0.1, -0.05) is 30.4 Å². The quantitative estimate of drug-likeness (QED) is 0.840. The van der Waals surface area contributed by atoms with Crippen molar-refractivity contribution in [3.05, 3.63) is 16.4 Å². The van der Waals surface area contributed by atoms with Gasteiger partial charge < -0.3 is 5.11 Å². The zero-order chi connectivity index (χ0) is 15.6. The predicted octanol–water partition coefficient (Wildman–Crippen LogP) is 0.898. The molecular weight excluding hydrogens is 296 g/mol. The van der Waals surface area contributed by atoms with Crippen LogP contribution in [0.4, 0.5) is 5.13 Å². The highest BCUT2D eigenvalue weighted by Crippen LogP contribution is 2.22. The van der Waals surface area contributed by atoms with Crippen molar-refractivity contribution in [1.82, 2.24) is 25.2 Å². The van der Waals surface area contributed by atoms with Crippen LogP contribution < -0.4 is 5.32 Å². The molecule has 0 saturated carbocycles. The van der Waals surface area contributed by atoms with Gasteiger partial charge in [0.15, 0.2) is 5.69 Å². The number of hydrogen-bond donors (Lipinski definition) is 2. The zero-order valence-corrected chi connectivity index (χ0v) is 12.5. The lowest BCUT2D eigenvalue weighted by Gasteiger charge is -2.02. The van der Waals surface area contributed by atoms with E-state index >= 15 is 0 Å². The van der Waals surface area contributed by atoms with Gasteiger partial charge in [-0.15, -0.1) is 15.3 Å². The number of carbonyl (C=O) groups is 2. The zero-order valence-electron chi connectivity index (χ0n) is 11.7. The van der Waals surface area contributed by atoms with Gasteiger partial charge in [0.05, 0.1) is 5.69 Å². The summed E-state index contributed by atoms with van der Waals surface area (Å²) in [5, 5.41) is 27.7. The number of carboxylic acids is 1. The van der Waals surface area contributed by atoms with E-state index in [0.29, 0.717) is 10.8 Å². The third-order valence-electron chi connectivity index (χ3n) is 2.66. The van der Waals surface area contributed by atoms with Gasteiger partial charge in [0.1, 0.15) is 11.6 Å². The Kier molecular flexibility index (Phi) is 4.26. The van der Waals surface area contributed by atoms with Crippen LogP contribution in [0.2, 0.25) is 0 Å². The van der Waals surface area contributed by atoms with E-state index < -0.39 is 5.97 Å². The Morgan fingerprint density at radius 2 is 2.05 bits per heavy atom. The Hall–Kier alpha value is -2.36. The molecule has 0 aliphatic carbocycles. The first kappa shape index (κ1) is 15.0. The molecule has 0 radical (unpaired) electrons. The second-order valence-electron chi connectivity index (χ2n) is 4.63. The van der Waals surface area contributed by atoms with E-state index in [9.17, 15) is 9.59 Å². The van der Waals surface area contributed by atoms with E-state index in [4.69, 9.17) is 5.11 Å². The lowest BCUT2D eigenvalue weighted by molar-refractivity contribution is -0.117. The molecule has 10 heteroatoms. The van der Waals surface area contributed by atoms with Crippen LogP contribution >= 0.6 is 11.3 Å². The maximum Gasteiger partial charge on any atom is 0.358 e. The maximum atomic E-state index is 11.9. The number of rotatable bonds is 5. The summed E-state index contributed by atoms with van der Waals surface area (Å²) in [6.45, 7) is 5.37. The summed E-state index contributed by atoms with van der Waals surface area (Å²) >= 11 is 1.30. The molecule has 0 aliphatic heterocycles. The molecule has 0 saturated heterocycles. The molecule has 0 aromatic carbocycles. The first-order valence-electron chi connectivity index (χ1n) is 6.15. The van der Waals surface area contributed by atoms with Crippen molar-refractivity contribution >= 4 is 28.3 Å². The van der Waals surface area contributed by atoms with Crippen LogP contribution in [0.3, 0.4) is 0 Å². The average Bonchev–Trinajstić information content (AvgIpc) is 2.98. The maximum absolute atomic E-state index is 11.9. The van der Waals surface area contributed by atoms with Crippen LogP contribution in [0.1, 0.15) is 41.0 Å². The largest absolute Gasteiger partial charge is 0.476 e. The normalized spacial score (nSPS) is 10.9. The monoisotopic (exact) mass is 310 g/mol. The van der Waals surface area contributed by atoms with Crippen LogP contribution in [0.5, 0.6) is 0 Å². The number of nitrogens with one attached hydrogen (secondary N) is 1. The highest BCUT2D eigenvalue weighted by molar-refractivity contribution is 7.15. The van der Waals surface area contributed by atoms with Gasteiger partial charge in [0.2, 0.25) is 11.0 Å². The molecule has 0 bridgehead atoms. The summed E-state index contributed by atoms with van der Waals surface area (Å²) in [6.07, 6.45) is 0. The smallest absolute Gasteiger partial charge is 0.358 e. The summed E-state index contributed by atoms with van der Waals surface area (Å²) in [5.74, 6) is -1.31. The molecule has 112 valence electrons. The lowest BCUT2D eigenvalue weighted by Crippen LogP contribution is -2.20. The molecule has 0 aliphatic rings. The van der Waals surface area contributed by atoms with Crippen LogP contribution in [0.15, 0.2) is 0 Å². The van der Waals surface area contributed by atoms with Gasteiger partial charge in [0, 0.05) is 5.92 Å². The Morgan fingerprint density at radius 1 is 1.33 bits per heavy atom. The van der Waals surface area contributed by atoms with E-state index in [0.717, 1.165) is 5.01 Å². The fourth-order valence-corrected chi connectivity index (χ4v) is 2.28. The van der Waals surface area contributed by atoms with Crippen molar-refractivity contribution < 1.29 is 14.7 Å². The number of nitrogens with zero attached hydrogens (tertiary/aromatic N) is 5. The Bertz CT molecular complexity index is 677. The van der Waals surface area contributed by atoms with Crippen molar-refractivity contribution in [2.24, 2.45) is 0 Å². The van der Waals surface area contributed by atoms with Crippen molar-refractivity contribution in [1.29, 1.82) is 0 Å². The first-order valence-corrected chi connectivity index (χ1v) is 6.96. The minimum Gasteiger partial charge on any atom is -0.476 e. The van der Waals surface area contributed by atoms with Crippen LogP contribution in [-0.2, 0) is 11.3 Å². The van der Waals surface area contributed by atoms with E-state index in [1.807, 2.05) is 13.8 Å². The van der Waals surface area contributed by atoms with Gasteiger partial charge in [-0.25, -0.2) is 9.48 Å². The van der Waals surface area contributed by atoms with Crippen LogP contribution in [0, 0.1) is 6.92 Å². The topological polar surface area (TPSA) is 123 Å². The fraction of sp³-hybridized carbons (Fsp3) is 0.455. The molecule has 0 spiro atoms. The summed E-state index contributed by atoms with van der Waals surface area (Å²) in [7, 11) is 0. The van der Waals surface area contributed by atoms with Gasteiger partial charge in [-0.05, 0) is 6.92 Å². The molecule has 2 aromatic rings. The Balaban J connectivity index is 2.03. The molecule has 0 fully saturated rings. The third kappa shape index (κ3) is 3.40. The number of carbonyl (C=O) groups excluding carboxylic acids is 1. The highest BCUT2D eigenvalue weighted by atomic mass is 32.1. The van der Waals surface area contributed by atoms with Crippen LogP contribution in [0.25, 0.3) is 0 Å². The van der Waals surface area contributed by atoms with Crippen molar-refractivity contribution in [2.75, 3.05) is 5.32 Å². The molecule has 0 atom stereocenters. The molecular formula is C11H14N6O3S. The predicted molar refractivity (Wildman–Crippen MR) is 74.3 cm³/mol. The molecule has 2 heterocycles. The SMILES string of the molecule is Cc1c(C(=O)O)nnn1CC(=O)Nc1nnc(C(C)C)s1. The molecule has 2 rings (SSSR count). The average molecular weight is 310 g/mol. The molecule has 2 aromatic heterocycles. The fourth-order valence-electron chi connectivity index (χ4n) is 1.52. The van der Waals surface area contributed by atoms with E-state index in [-0.39, 0.29) is 24.1 Å². The Labute approximate surface area is 124 Å². The molecule has 1 amide bonds. The number of carboxylic acid groups (broad SMARTS) is 1. The Morgan fingerprint density at radius 3 is 2.57 bits per heavy atom. The van der Waals surface area contributed by atoms with Crippen molar-refractivity contribution in [3.8, 4) is 0 Å². The van der Waals surface area contributed by atoms with E-state index in [1.54, 1.807) is 6.92 Å². The highest BCUT2D eigenvalue weighted by Gasteiger charge is 2.17. The standard InChI is InChI=1S/C11H14N6O3S/c1-5(2)9-14-15-11(21-9)12-7(18)4-17-6(3)8(10(19)20)13-16-17/h5H,4H2,1-3H3,(H,19,20)(H,12,15,18). The number of aromatic carboxylic acids is 1. The summed E-state index contributed by atoms with van der Waals surface area (Å²) < 4.78 is 1.23. The van der Waals surface area contributed by atoms with E-state index in [1.165, 1.54) is 16.0 Å². The first-order chi connectivity index (χ1) is 9.88. The molecule has 2 N–H and O–H groups in total. The minimum atomic E-state index is -1.18. The summed E-state index contributed by atoms with van der Waals surface area (Å²) in [4.78, 5) is 22.7. The molecule has 21 heavy (non-hydrogen) atoms. The molecule has 0 unspecified atom stereocenters. The lowest BCUT2D eigenvalue weighted by atomic mass is 10.2. The van der Waals surface area contributed by atoms with E-state index in [2.05, 4.69) is 25.8 Å². The molecule has 9 nitrogen and oxygen atoms in total. The number of anilines is 1. The number of aromatic nitrogens is 5. The summed E-state index contributed by atoms with van der Waals surface area (Å²) in [6, 6.07) is 0. The van der Waals surface area contributed by atoms with Gasteiger partial charge in [-0.3, -0.25) is 10.1 Å². The third-order valence-corrected chi connectivity index (χ3v) is 3.80. The second-order valence-corrected chi connectivity index (χ2v) is 5.64. The van der Waals surface area contributed by atoms with Crippen molar-refractivity contribution in [2.45, 2.75) is 33.2 Å². The summed E-state index contributed by atoms with van der Waals surface area (Å²) in [5.41, 5.74) is 0.151. The number of hydrogen-bond acceptors (Lipinski definition) is 7. The minimum absolute atomic E-state index is 0.136.